The van der Waals surface area contributed by atoms with Crippen molar-refractivity contribution in [2.45, 2.75) is 57.5 Å². The summed E-state index contributed by atoms with van der Waals surface area (Å²) in [4.78, 5) is 4.47. The number of anilines is 1. The van der Waals surface area contributed by atoms with Crippen LogP contribution in [0.5, 0.6) is 0 Å². The van der Waals surface area contributed by atoms with Gasteiger partial charge in [-0.3, -0.25) is 0 Å². The molecule has 1 atom stereocenters. The fourth-order valence-corrected chi connectivity index (χ4v) is 7.83. The predicted octanol–water partition coefficient (Wildman–Crippen LogP) is 7.01. The summed E-state index contributed by atoms with van der Waals surface area (Å²) in [6.45, 7) is 4.70. The number of aryl methyl sites for hydroxylation is 1. The molecule has 0 radical (unpaired) electrons. The molecule has 3 heteroatoms. The SMILES string of the molecule is Cc1ccccc1N1[C@@H](C)c2c(sc3ccsc23)C12CCCCC2. The number of rotatable bonds is 1. The normalized spacial score (nSPS) is 22.4. The van der Waals surface area contributed by atoms with Gasteiger partial charge in [-0.05, 0) is 49.8 Å². The first-order valence-electron chi connectivity index (χ1n) is 9.08. The summed E-state index contributed by atoms with van der Waals surface area (Å²) in [6.07, 6.45) is 6.74. The summed E-state index contributed by atoms with van der Waals surface area (Å²) in [6, 6.07) is 11.8. The molecule has 3 aromatic rings. The average molecular weight is 354 g/mol. The lowest BCUT2D eigenvalue weighted by atomic mass is 9.80. The molecule has 1 spiro atoms. The van der Waals surface area contributed by atoms with Gasteiger partial charge in [0, 0.05) is 20.8 Å². The Kier molecular flexibility index (Phi) is 3.33. The molecule has 3 heterocycles. The van der Waals surface area contributed by atoms with Crippen molar-refractivity contribution in [2.75, 3.05) is 4.90 Å². The molecule has 2 aromatic heterocycles. The summed E-state index contributed by atoms with van der Waals surface area (Å²) in [5.74, 6) is 0. The molecule has 0 amide bonds. The van der Waals surface area contributed by atoms with Crippen LogP contribution in [0.25, 0.3) is 9.40 Å². The van der Waals surface area contributed by atoms with Crippen molar-refractivity contribution in [1.29, 1.82) is 0 Å². The molecule has 1 nitrogen and oxygen atoms in total. The predicted molar refractivity (Wildman–Crippen MR) is 107 cm³/mol. The zero-order valence-corrected chi connectivity index (χ0v) is 16.0. The fraction of sp³-hybridized carbons (Fsp3) is 0.429. The highest BCUT2D eigenvalue weighted by molar-refractivity contribution is 7.27. The lowest BCUT2D eigenvalue weighted by molar-refractivity contribution is 0.288. The number of hydrogen-bond acceptors (Lipinski definition) is 3. The van der Waals surface area contributed by atoms with E-state index in [1.807, 2.05) is 11.3 Å². The summed E-state index contributed by atoms with van der Waals surface area (Å²) < 4.78 is 3.05. The quantitative estimate of drug-likeness (QED) is 0.454. The second-order valence-electron chi connectivity index (χ2n) is 7.38. The Bertz CT molecular complexity index is 898. The minimum absolute atomic E-state index is 0.239. The first-order valence-corrected chi connectivity index (χ1v) is 10.8. The molecule has 0 unspecified atom stereocenters. The van der Waals surface area contributed by atoms with Gasteiger partial charge in [-0.2, -0.15) is 0 Å². The van der Waals surface area contributed by atoms with E-state index in [0.29, 0.717) is 6.04 Å². The van der Waals surface area contributed by atoms with Gasteiger partial charge in [0.05, 0.1) is 16.3 Å². The zero-order valence-electron chi connectivity index (χ0n) is 14.3. The highest BCUT2D eigenvalue weighted by atomic mass is 32.1. The van der Waals surface area contributed by atoms with Crippen LogP contribution in [-0.2, 0) is 5.54 Å². The molecular weight excluding hydrogens is 330 g/mol. The number of para-hydroxylation sites is 1. The van der Waals surface area contributed by atoms with E-state index in [4.69, 9.17) is 0 Å². The number of benzene rings is 1. The fourth-order valence-electron chi connectivity index (χ4n) is 5.05. The Hall–Kier alpha value is -1.32. The van der Waals surface area contributed by atoms with Crippen LogP contribution in [0.2, 0.25) is 0 Å². The van der Waals surface area contributed by atoms with Gasteiger partial charge in [-0.1, -0.05) is 37.5 Å². The Morgan fingerprint density at radius 3 is 2.67 bits per heavy atom. The number of thiophene rings is 2. The summed E-state index contributed by atoms with van der Waals surface area (Å²) in [5, 5.41) is 2.26. The van der Waals surface area contributed by atoms with Gasteiger partial charge in [0.2, 0.25) is 0 Å². The van der Waals surface area contributed by atoms with Crippen molar-refractivity contribution in [2.24, 2.45) is 0 Å². The van der Waals surface area contributed by atoms with E-state index in [2.05, 4.69) is 65.8 Å². The van der Waals surface area contributed by atoms with Crippen LogP contribution in [0, 0.1) is 6.92 Å². The van der Waals surface area contributed by atoms with Crippen molar-refractivity contribution < 1.29 is 0 Å². The summed E-state index contributed by atoms with van der Waals surface area (Å²) >= 11 is 4.01. The van der Waals surface area contributed by atoms with E-state index >= 15 is 0 Å². The highest BCUT2D eigenvalue weighted by Gasteiger charge is 2.51. The summed E-state index contributed by atoms with van der Waals surface area (Å²) in [7, 11) is 0. The number of hydrogen-bond donors (Lipinski definition) is 0. The van der Waals surface area contributed by atoms with Crippen molar-refractivity contribution >= 4 is 37.8 Å². The van der Waals surface area contributed by atoms with Crippen LogP contribution >= 0.6 is 22.7 Å². The van der Waals surface area contributed by atoms with Crippen molar-refractivity contribution in [3.63, 3.8) is 0 Å². The third kappa shape index (κ3) is 1.86. The molecule has 1 fully saturated rings. The van der Waals surface area contributed by atoms with Gasteiger partial charge in [0.1, 0.15) is 0 Å². The van der Waals surface area contributed by atoms with Gasteiger partial charge in [0.25, 0.3) is 0 Å². The van der Waals surface area contributed by atoms with Gasteiger partial charge < -0.3 is 4.90 Å². The number of fused-ring (bicyclic) bond motifs is 4. The Morgan fingerprint density at radius 1 is 1.08 bits per heavy atom. The van der Waals surface area contributed by atoms with Crippen LogP contribution in [0.3, 0.4) is 0 Å². The second-order valence-corrected chi connectivity index (χ2v) is 9.35. The topological polar surface area (TPSA) is 3.24 Å². The van der Waals surface area contributed by atoms with E-state index in [9.17, 15) is 0 Å². The molecule has 1 saturated carbocycles. The van der Waals surface area contributed by atoms with Crippen LogP contribution in [0.15, 0.2) is 35.7 Å². The van der Waals surface area contributed by atoms with Gasteiger partial charge in [-0.25, -0.2) is 0 Å². The molecular formula is C21H23NS2. The minimum atomic E-state index is 0.239. The third-order valence-corrected chi connectivity index (χ3v) is 8.52. The second kappa shape index (κ2) is 5.34. The first-order chi connectivity index (χ1) is 11.7. The largest absolute Gasteiger partial charge is 0.354 e. The minimum Gasteiger partial charge on any atom is -0.354 e. The molecule has 5 rings (SSSR count). The van der Waals surface area contributed by atoms with E-state index < -0.39 is 0 Å². The van der Waals surface area contributed by atoms with Crippen molar-refractivity contribution in [1.82, 2.24) is 0 Å². The van der Waals surface area contributed by atoms with Gasteiger partial charge in [0.15, 0.2) is 0 Å². The molecule has 1 aliphatic carbocycles. The third-order valence-electron chi connectivity index (χ3n) is 6.07. The number of nitrogens with zero attached hydrogens (tertiary/aromatic N) is 1. The van der Waals surface area contributed by atoms with E-state index in [1.165, 1.54) is 48.1 Å². The Labute approximate surface area is 151 Å². The van der Waals surface area contributed by atoms with Gasteiger partial charge >= 0.3 is 0 Å². The molecule has 124 valence electrons. The zero-order chi connectivity index (χ0) is 16.3. The van der Waals surface area contributed by atoms with Gasteiger partial charge in [-0.15, -0.1) is 22.7 Å². The van der Waals surface area contributed by atoms with Crippen LogP contribution in [0.4, 0.5) is 5.69 Å². The van der Waals surface area contributed by atoms with E-state index in [1.54, 1.807) is 15.1 Å². The lowest BCUT2D eigenvalue weighted by Gasteiger charge is -2.45. The molecule has 0 bridgehead atoms. The van der Waals surface area contributed by atoms with Crippen molar-refractivity contribution in [3.05, 3.63) is 51.7 Å². The highest BCUT2D eigenvalue weighted by Crippen LogP contribution is 2.60. The van der Waals surface area contributed by atoms with Crippen molar-refractivity contribution in [3.8, 4) is 0 Å². The molecule has 24 heavy (non-hydrogen) atoms. The molecule has 2 aliphatic rings. The van der Waals surface area contributed by atoms with E-state index in [0.717, 1.165) is 0 Å². The molecule has 0 N–H and O–H groups in total. The molecule has 1 aliphatic heterocycles. The maximum Gasteiger partial charge on any atom is 0.0756 e. The van der Waals surface area contributed by atoms with Crippen LogP contribution in [0.1, 0.15) is 61.1 Å². The Morgan fingerprint density at radius 2 is 1.88 bits per heavy atom. The Balaban J connectivity index is 1.77. The van der Waals surface area contributed by atoms with Crippen LogP contribution in [-0.4, -0.2) is 0 Å². The maximum atomic E-state index is 2.79. The molecule has 0 saturated heterocycles. The molecule has 1 aromatic carbocycles. The smallest absolute Gasteiger partial charge is 0.0756 e. The standard InChI is InChI=1S/C21H23NS2/c1-14-8-4-5-9-16(14)22-15(2)18-19-17(10-13-23-19)24-20(18)21(22)11-6-3-7-12-21/h4-5,8-10,13,15H,3,6-7,11-12H2,1-2H3/t15-/m0/s1. The van der Waals surface area contributed by atoms with E-state index in [-0.39, 0.29) is 5.54 Å². The summed E-state index contributed by atoms with van der Waals surface area (Å²) in [5.41, 5.74) is 4.73. The average Bonchev–Trinajstić information content (AvgIpc) is 3.23. The lowest BCUT2D eigenvalue weighted by Crippen LogP contribution is -2.44. The monoisotopic (exact) mass is 353 g/mol. The van der Waals surface area contributed by atoms with Crippen LogP contribution < -0.4 is 4.90 Å². The maximum absolute atomic E-state index is 2.79. The first kappa shape index (κ1) is 15.0.